The summed E-state index contributed by atoms with van der Waals surface area (Å²) >= 11 is 0. The van der Waals surface area contributed by atoms with Crippen LogP contribution in [0.2, 0.25) is 0 Å². The van der Waals surface area contributed by atoms with E-state index < -0.39 is 21.8 Å². The Morgan fingerprint density at radius 3 is 2.03 bits per heavy atom. The van der Waals surface area contributed by atoms with Gasteiger partial charge in [0.25, 0.3) is 0 Å². The van der Waals surface area contributed by atoms with Crippen LogP contribution in [0.15, 0.2) is 53.4 Å². The maximum absolute atomic E-state index is 13.5. The van der Waals surface area contributed by atoms with E-state index in [1.807, 2.05) is 0 Å². The third-order valence-corrected chi connectivity index (χ3v) is 8.74. The summed E-state index contributed by atoms with van der Waals surface area (Å²) < 4.78 is 67.2. The molecule has 0 spiro atoms. The third-order valence-electron chi connectivity index (χ3n) is 6.79. The fourth-order valence-electron chi connectivity index (χ4n) is 4.75. The standard InChI is InChI=1S/C24H29F3N2O2S/c1-18-10-14-28(15-11-18)21-12-16-29(17-13-21)32(30,31)23-5-3-2-4-22(23)19-6-8-20(9-7-19)24(25,26)27/h2-9,18,21H,10-17H2,1H3. The molecule has 0 unspecified atom stereocenters. The van der Waals surface area contributed by atoms with E-state index in [-0.39, 0.29) is 4.90 Å². The van der Waals surface area contributed by atoms with Crippen molar-refractivity contribution in [3.05, 3.63) is 54.1 Å². The van der Waals surface area contributed by atoms with E-state index in [0.717, 1.165) is 44.0 Å². The van der Waals surface area contributed by atoms with Crippen molar-refractivity contribution in [2.45, 2.75) is 49.7 Å². The van der Waals surface area contributed by atoms with Gasteiger partial charge in [-0.1, -0.05) is 37.3 Å². The lowest BCUT2D eigenvalue weighted by atomic mass is 9.95. The van der Waals surface area contributed by atoms with E-state index in [1.54, 1.807) is 24.3 Å². The van der Waals surface area contributed by atoms with Crippen LogP contribution in [0.1, 0.15) is 38.2 Å². The summed E-state index contributed by atoms with van der Waals surface area (Å²) in [6.45, 7) is 5.35. The summed E-state index contributed by atoms with van der Waals surface area (Å²) in [5.41, 5.74) is 0.124. The molecule has 0 amide bonds. The average molecular weight is 467 g/mol. The van der Waals surface area contributed by atoms with Gasteiger partial charge in [0.15, 0.2) is 0 Å². The van der Waals surface area contributed by atoms with Gasteiger partial charge in [0.05, 0.1) is 10.5 Å². The zero-order chi connectivity index (χ0) is 22.9. The van der Waals surface area contributed by atoms with Crippen molar-refractivity contribution in [1.82, 2.24) is 9.21 Å². The van der Waals surface area contributed by atoms with Crippen molar-refractivity contribution in [2.75, 3.05) is 26.2 Å². The summed E-state index contributed by atoms with van der Waals surface area (Å²) in [6, 6.07) is 11.6. The molecule has 0 atom stereocenters. The molecule has 8 heteroatoms. The maximum Gasteiger partial charge on any atom is 0.416 e. The summed E-state index contributed by atoms with van der Waals surface area (Å²) in [6.07, 6.45) is -0.439. The molecule has 174 valence electrons. The molecule has 4 nitrogen and oxygen atoms in total. The number of piperidine rings is 2. The SMILES string of the molecule is CC1CCN(C2CCN(S(=O)(=O)c3ccccc3-c3ccc(C(F)(F)F)cc3)CC2)CC1. The largest absolute Gasteiger partial charge is 0.416 e. The van der Waals surface area contributed by atoms with Gasteiger partial charge >= 0.3 is 6.18 Å². The monoisotopic (exact) mass is 466 g/mol. The van der Waals surface area contributed by atoms with Crippen LogP contribution in [-0.2, 0) is 16.2 Å². The number of halogens is 3. The topological polar surface area (TPSA) is 40.6 Å². The van der Waals surface area contributed by atoms with E-state index >= 15 is 0 Å². The van der Waals surface area contributed by atoms with Gasteiger partial charge in [0.2, 0.25) is 10.0 Å². The summed E-state index contributed by atoms with van der Waals surface area (Å²) in [7, 11) is -3.75. The Morgan fingerprint density at radius 2 is 1.44 bits per heavy atom. The predicted octanol–water partition coefficient (Wildman–Crippen LogP) is 5.26. The molecule has 0 bridgehead atoms. The molecule has 32 heavy (non-hydrogen) atoms. The molecule has 4 rings (SSSR count). The molecule has 2 aromatic rings. The van der Waals surface area contributed by atoms with E-state index in [4.69, 9.17) is 0 Å². The molecule has 2 aliphatic heterocycles. The van der Waals surface area contributed by atoms with Crippen LogP contribution in [0.3, 0.4) is 0 Å². The Balaban J connectivity index is 1.52. The Hall–Kier alpha value is -1.90. The number of likely N-dealkylation sites (tertiary alicyclic amines) is 1. The van der Waals surface area contributed by atoms with E-state index in [1.165, 1.54) is 29.3 Å². The van der Waals surface area contributed by atoms with E-state index in [2.05, 4.69) is 11.8 Å². The fraction of sp³-hybridized carbons (Fsp3) is 0.500. The number of hydrogen-bond donors (Lipinski definition) is 0. The third kappa shape index (κ3) is 4.87. The molecule has 2 fully saturated rings. The number of hydrogen-bond acceptors (Lipinski definition) is 3. The minimum atomic E-state index is -4.43. The zero-order valence-corrected chi connectivity index (χ0v) is 19.0. The van der Waals surface area contributed by atoms with Crippen molar-refractivity contribution >= 4 is 10.0 Å². The first-order valence-electron chi connectivity index (χ1n) is 11.2. The number of benzene rings is 2. The summed E-state index contributed by atoms with van der Waals surface area (Å²) in [5, 5.41) is 0. The maximum atomic E-state index is 13.5. The van der Waals surface area contributed by atoms with Gasteiger partial charge in [-0.15, -0.1) is 0 Å². The zero-order valence-electron chi connectivity index (χ0n) is 18.2. The summed E-state index contributed by atoms with van der Waals surface area (Å²) in [5.74, 6) is 0.758. The van der Waals surface area contributed by atoms with Crippen LogP contribution in [0.4, 0.5) is 13.2 Å². The second kappa shape index (κ2) is 9.15. The molecule has 2 heterocycles. The summed E-state index contributed by atoms with van der Waals surface area (Å²) in [4.78, 5) is 2.64. The number of rotatable bonds is 4. The highest BCUT2D eigenvalue weighted by Gasteiger charge is 2.34. The molecule has 2 aliphatic rings. The van der Waals surface area contributed by atoms with Crippen molar-refractivity contribution in [2.24, 2.45) is 5.92 Å². The first kappa shape index (κ1) is 23.3. The van der Waals surface area contributed by atoms with Crippen LogP contribution in [0.25, 0.3) is 11.1 Å². The van der Waals surface area contributed by atoms with Crippen molar-refractivity contribution in [1.29, 1.82) is 0 Å². The van der Waals surface area contributed by atoms with Gasteiger partial charge in [0, 0.05) is 24.7 Å². The van der Waals surface area contributed by atoms with Gasteiger partial charge in [-0.3, -0.25) is 0 Å². The highest BCUT2D eigenvalue weighted by atomic mass is 32.2. The second-order valence-corrected chi connectivity index (χ2v) is 10.8. The van der Waals surface area contributed by atoms with Gasteiger partial charge in [-0.2, -0.15) is 17.5 Å². The minimum Gasteiger partial charge on any atom is -0.300 e. The quantitative estimate of drug-likeness (QED) is 0.617. The number of alkyl halides is 3. The van der Waals surface area contributed by atoms with Crippen LogP contribution < -0.4 is 0 Å². The number of nitrogens with zero attached hydrogens (tertiary/aromatic N) is 2. The van der Waals surface area contributed by atoms with Crippen LogP contribution >= 0.6 is 0 Å². The van der Waals surface area contributed by atoms with Crippen LogP contribution in [-0.4, -0.2) is 49.8 Å². The van der Waals surface area contributed by atoms with Gasteiger partial charge in [0.1, 0.15) is 0 Å². The van der Waals surface area contributed by atoms with Crippen LogP contribution in [0.5, 0.6) is 0 Å². The second-order valence-electron chi connectivity index (χ2n) is 8.93. The Morgan fingerprint density at radius 1 is 0.844 bits per heavy atom. The van der Waals surface area contributed by atoms with Gasteiger partial charge in [-0.05, 0) is 68.5 Å². The van der Waals surface area contributed by atoms with E-state index in [9.17, 15) is 21.6 Å². The molecular weight excluding hydrogens is 437 g/mol. The molecule has 2 aromatic carbocycles. The first-order valence-corrected chi connectivity index (χ1v) is 12.6. The molecule has 0 aromatic heterocycles. The smallest absolute Gasteiger partial charge is 0.300 e. The molecule has 0 radical (unpaired) electrons. The van der Waals surface area contributed by atoms with E-state index in [0.29, 0.717) is 30.3 Å². The Labute approximate surface area is 188 Å². The molecule has 0 saturated carbocycles. The molecule has 0 aliphatic carbocycles. The minimum absolute atomic E-state index is 0.144. The number of sulfonamides is 1. The van der Waals surface area contributed by atoms with Crippen LogP contribution in [0, 0.1) is 5.92 Å². The molecule has 2 saturated heterocycles. The van der Waals surface area contributed by atoms with Crippen molar-refractivity contribution < 1.29 is 21.6 Å². The highest BCUT2D eigenvalue weighted by Crippen LogP contribution is 2.34. The van der Waals surface area contributed by atoms with Crippen molar-refractivity contribution in [3.8, 4) is 11.1 Å². The highest BCUT2D eigenvalue weighted by molar-refractivity contribution is 7.89. The van der Waals surface area contributed by atoms with Crippen molar-refractivity contribution in [3.63, 3.8) is 0 Å². The van der Waals surface area contributed by atoms with Gasteiger partial charge in [-0.25, -0.2) is 8.42 Å². The predicted molar refractivity (Wildman–Crippen MR) is 119 cm³/mol. The van der Waals surface area contributed by atoms with Gasteiger partial charge < -0.3 is 4.90 Å². The lowest BCUT2D eigenvalue weighted by Gasteiger charge is -2.41. The first-order chi connectivity index (χ1) is 15.2. The fourth-order valence-corrected chi connectivity index (χ4v) is 6.43. The molecular formula is C24H29F3N2O2S. The Kier molecular flexibility index (Phi) is 6.66. The lowest BCUT2D eigenvalue weighted by molar-refractivity contribution is -0.137. The Bertz CT molecular complexity index is 1020. The molecule has 0 N–H and O–H groups in total. The lowest BCUT2D eigenvalue weighted by Crippen LogP contribution is -2.48. The normalized spacial score (nSPS) is 20.5. The average Bonchev–Trinajstić information content (AvgIpc) is 2.79.